The lowest BCUT2D eigenvalue weighted by atomic mass is 10.3. The highest BCUT2D eigenvalue weighted by Gasteiger charge is 2.31. The predicted molar refractivity (Wildman–Crippen MR) is 47.5 cm³/mol. The number of alkyl halides is 3. The summed E-state index contributed by atoms with van der Waals surface area (Å²) in [7, 11) is 1.71. The van der Waals surface area contributed by atoms with Crippen LogP contribution in [0.15, 0.2) is 30.9 Å². The van der Waals surface area contributed by atoms with Crippen molar-refractivity contribution in [1.29, 1.82) is 0 Å². The fourth-order valence-corrected chi connectivity index (χ4v) is 1.27. The molecule has 0 unspecified atom stereocenters. The molecule has 6 heteroatoms. The van der Waals surface area contributed by atoms with Crippen molar-refractivity contribution in [1.82, 2.24) is 14.3 Å². The lowest BCUT2D eigenvalue weighted by Crippen LogP contribution is -2.02. The van der Waals surface area contributed by atoms with Crippen molar-refractivity contribution < 1.29 is 13.2 Å². The molecule has 0 amide bonds. The van der Waals surface area contributed by atoms with Crippen LogP contribution in [0, 0.1) is 0 Å². The Hall–Kier alpha value is -1.72. The van der Waals surface area contributed by atoms with Crippen LogP contribution in [0.3, 0.4) is 0 Å². The van der Waals surface area contributed by atoms with Gasteiger partial charge in [-0.2, -0.15) is 18.3 Å². The average Bonchev–Trinajstić information content (AvgIpc) is 2.69. The van der Waals surface area contributed by atoms with Crippen molar-refractivity contribution in [2.24, 2.45) is 7.05 Å². The van der Waals surface area contributed by atoms with Crippen molar-refractivity contribution in [3.63, 3.8) is 0 Å². The largest absolute Gasteiger partial charge is 0.417 e. The van der Waals surface area contributed by atoms with Crippen molar-refractivity contribution in [2.45, 2.75) is 6.18 Å². The third-order valence-electron chi connectivity index (χ3n) is 2.01. The second-order valence-electron chi connectivity index (χ2n) is 3.18. The van der Waals surface area contributed by atoms with Crippen LogP contribution in [0.5, 0.6) is 0 Å². The molecule has 0 aliphatic heterocycles. The Kier molecular flexibility index (Phi) is 2.06. The monoisotopic (exact) mass is 215 g/mol. The minimum absolute atomic E-state index is 0.605. The maximum Gasteiger partial charge on any atom is 0.417 e. The van der Waals surface area contributed by atoms with E-state index in [1.54, 1.807) is 13.2 Å². The molecule has 0 aromatic carbocycles. The Morgan fingerprint density at radius 3 is 2.47 bits per heavy atom. The molecule has 15 heavy (non-hydrogen) atoms. The molecule has 2 heterocycles. The van der Waals surface area contributed by atoms with E-state index >= 15 is 0 Å². The van der Waals surface area contributed by atoms with Gasteiger partial charge in [0.1, 0.15) is 0 Å². The van der Waals surface area contributed by atoms with E-state index < -0.39 is 11.7 Å². The highest BCUT2D eigenvalue weighted by atomic mass is 19.4. The smallest absolute Gasteiger partial charge is 0.320 e. The van der Waals surface area contributed by atoms with Crippen LogP contribution in [0.25, 0.3) is 5.69 Å². The lowest BCUT2D eigenvalue weighted by molar-refractivity contribution is -0.137. The first-order chi connectivity index (χ1) is 6.97. The highest BCUT2D eigenvalue weighted by Crippen LogP contribution is 2.29. The Bertz CT molecular complexity index is 467. The molecule has 0 saturated carbocycles. The molecular formula is C9H8F3N3. The first-order valence-electron chi connectivity index (χ1n) is 4.21. The summed E-state index contributed by atoms with van der Waals surface area (Å²) in [6.45, 7) is 0. The normalized spacial score (nSPS) is 12.0. The molecule has 0 aliphatic carbocycles. The molecule has 0 aliphatic rings. The Balaban J connectivity index is 2.36. The third kappa shape index (κ3) is 1.88. The number of hydrogen-bond acceptors (Lipinski definition) is 1. The van der Waals surface area contributed by atoms with E-state index in [0.717, 1.165) is 12.3 Å². The summed E-state index contributed by atoms with van der Waals surface area (Å²) in [5, 5.41) is 3.88. The summed E-state index contributed by atoms with van der Waals surface area (Å²) in [4.78, 5) is 0. The fourth-order valence-electron chi connectivity index (χ4n) is 1.27. The van der Waals surface area contributed by atoms with Crippen LogP contribution in [0.1, 0.15) is 5.56 Å². The van der Waals surface area contributed by atoms with Crippen molar-refractivity contribution in [3.8, 4) is 5.69 Å². The first-order valence-corrected chi connectivity index (χ1v) is 4.21. The zero-order valence-corrected chi connectivity index (χ0v) is 7.86. The third-order valence-corrected chi connectivity index (χ3v) is 2.01. The molecule has 3 nitrogen and oxygen atoms in total. The van der Waals surface area contributed by atoms with Gasteiger partial charge in [0, 0.05) is 25.6 Å². The van der Waals surface area contributed by atoms with Gasteiger partial charge in [0.25, 0.3) is 0 Å². The SMILES string of the molecule is Cn1cc(-n2ccc(C(F)(F)F)c2)cn1. The number of hydrogen-bond donors (Lipinski definition) is 0. The van der Waals surface area contributed by atoms with E-state index in [-0.39, 0.29) is 0 Å². The molecule has 80 valence electrons. The molecule has 0 N–H and O–H groups in total. The predicted octanol–water partition coefficient (Wildman–Crippen LogP) is 2.23. The minimum atomic E-state index is -4.30. The van der Waals surface area contributed by atoms with Crippen LogP contribution >= 0.6 is 0 Å². The lowest BCUT2D eigenvalue weighted by Gasteiger charge is -2.01. The summed E-state index contributed by atoms with van der Waals surface area (Å²) >= 11 is 0. The quantitative estimate of drug-likeness (QED) is 0.715. The van der Waals surface area contributed by atoms with Gasteiger partial charge < -0.3 is 4.57 Å². The van der Waals surface area contributed by atoms with Gasteiger partial charge in [-0.15, -0.1) is 0 Å². The Labute approximate surface area is 83.7 Å². The standard InChI is InChI=1S/C9H8F3N3/c1-14-6-8(4-13-14)15-3-2-7(5-15)9(10,11)12/h2-6H,1H3. The molecule has 0 fully saturated rings. The summed E-state index contributed by atoms with van der Waals surface area (Å²) in [5.41, 5.74) is -0.0562. The molecule has 2 aromatic rings. The number of halogens is 3. The molecule has 0 bridgehead atoms. The van der Waals surface area contributed by atoms with Gasteiger partial charge in [0.05, 0.1) is 17.4 Å². The molecule has 0 atom stereocenters. The van der Waals surface area contributed by atoms with Crippen LogP contribution in [-0.4, -0.2) is 14.3 Å². The Morgan fingerprint density at radius 1 is 1.27 bits per heavy atom. The first kappa shape index (κ1) is 9.82. The van der Waals surface area contributed by atoms with Gasteiger partial charge in [0.2, 0.25) is 0 Å². The molecule has 2 rings (SSSR count). The minimum Gasteiger partial charge on any atom is -0.320 e. The van der Waals surface area contributed by atoms with Crippen molar-refractivity contribution in [2.75, 3.05) is 0 Å². The van der Waals surface area contributed by atoms with Gasteiger partial charge >= 0.3 is 6.18 Å². The molecule has 0 saturated heterocycles. The summed E-state index contributed by atoms with van der Waals surface area (Å²) in [6.07, 6.45) is 1.24. The van der Waals surface area contributed by atoms with Gasteiger partial charge in [-0.25, -0.2) is 0 Å². The van der Waals surface area contributed by atoms with Crippen LogP contribution in [-0.2, 0) is 13.2 Å². The zero-order valence-electron chi connectivity index (χ0n) is 7.86. The number of aromatic nitrogens is 3. The zero-order chi connectivity index (χ0) is 11.1. The number of nitrogens with zero attached hydrogens (tertiary/aromatic N) is 3. The summed E-state index contributed by atoms with van der Waals surface area (Å²) in [6, 6.07) is 1.03. The van der Waals surface area contributed by atoms with Gasteiger partial charge in [-0.1, -0.05) is 0 Å². The van der Waals surface area contributed by atoms with E-state index in [0.29, 0.717) is 5.69 Å². The van der Waals surface area contributed by atoms with E-state index in [9.17, 15) is 13.2 Å². The van der Waals surface area contributed by atoms with Gasteiger partial charge in [0.15, 0.2) is 0 Å². The molecular weight excluding hydrogens is 207 g/mol. The van der Waals surface area contributed by atoms with E-state index in [1.807, 2.05) is 0 Å². The number of rotatable bonds is 1. The summed E-state index contributed by atoms with van der Waals surface area (Å²) < 4.78 is 39.8. The van der Waals surface area contributed by atoms with Gasteiger partial charge in [-0.05, 0) is 6.07 Å². The van der Waals surface area contributed by atoms with Crippen LogP contribution in [0.4, 0.5) is 13.2 Å². The fraction of sp³-hybridized carbons (Fsp3) is 0.222. The number of aryl methyl sites for hydroxylation is 1. The van der Waals surface area contributed by atoms with Crippen LogP contribution < -0.4 is 0 Å². The second-order valence-corrected chi connectivity index (χ2v) is 3.18. The topological polar surface area (TPSA) is 22.8 Å². The average molecular weight is 215 g/mol. The van der Waals surface area contributed by atoms with Crippen LogP contribution in [0.2, 0.25) is 0 Å². The van der Waals surface area contributed by atoms with Crippen molar-refractivity contribution in [3.05, 3.63) is 36.4 Å². The molecule has 0 spiro atoms. The summed E-state index contributed by atoms with van der Waals surface area (Å²) in [5.74, 6) is 0. The maximum atomic E-state index is 12.3. The van der Waals surface area contributed by atoms with Gasteiger partial charge in [-0.3, -0.25) is 4.68 Å². The van der Waals surface area contributed by atoms with E-state index in [1.165, 1.54) is 21.6 Å². The van der Waals surface area contributed by atoms with Crippen molar-refractivity contribution >= 4 is 0 Å². The second kappa shape index (κ2) is 3.15. The van der Waals surface area contributed by atoms with E-state index in [2.05, 4.69) is 5.10 Å². The van der Waals surface area contributed by atoms with E-state index in [4.69, 9.17) is 0 Å². The maximum absolute atomic E-state index is 12.3. The molecule has 2 aromatic heterocycles. The molecule has 0 radical (unpaired) electrons. The highest BCUT2D eigenvalue weighted by molar-refractivity contribution is 5.29. The Morgan fingerprint density at radius 2 is 2.00 bits per heavy atom.